The van der Waals surface area contributed by atoms with Crippen molar-refractivity contribution in [3.8, 4) is 0 Å². The Morgan fingerprint density at radius 1 is 1.35 bits per heavy atom. The van der Waals surface area contributed by atoms with Crippen LogP contribution in [0.25, 0.3) is 0 Å². The van der Waals surface area contributed by atoms with Gasteiger partial charge in [0.15, 0.2) is 0 Å². The highest BCUT2D eigenvalue weighted by molar-refractivity contribution is 9.10. The van der Waals surface area contributed by atoms with E-state index in [1.807, 2.05) is 0 Å². The Kier molecular flexibility index (Phi) is 3.65. The average molecular weight is 314 g/mol. The molecule has 0 unspecified atom stereocenters. The molecule has 0 saturated heterocycles. The number of nitrogens with zero attached hydrogens (tertiary/aromatic N) is 3. The molecular formula is C10H6BrClN4O. The lowest BCUT2D eigenvalue weighted by molar-refractivity contribution is 0.102. The number of aromatic nitrogens is 3. The molecule has 0 bridgehead atoms. The van der Waals surface area contributed by atoms with Crippen molar-refractivity contribution in [2.45, 2.75) is 0 Å². The largest absolute Gasteiger partial charge is 0.305 e. The maximum absolute atomic E-state index is 11.8. The van der Waals surface area contributed by atoms with Gasteiger partial charge < -0.3 is 5.32 Å². The summed E-state index contributed by atoms with van der Waals surface area (Å²) in [6.45, 7) is 0. The number of pyridine rings is 1. The summed E-state index contributed by atoms with van der Waals surface area (Å²) in [6.07, 6.45) is 2.80. The maximum atomic E-state index is 11.8. The van der Waals surface area contributed by atoms with Crippen molar-refractivity contribution in [2.24, 2.45) is 0 Å². The molecule has 86 valence electrons. The molecular weight excluding hydrogens is 307 g/mol. The Bertz CT molecular complexity index is 564. The first-order valence-electron chi connectivity index (χ1n) is 4.56. The van der Waals surface area contributed by atoms with Gasteiger partial charge in [-0.2, -0.15) is 0 Å². The Balaban J connectivity index is 2.20. The molecule has 0 aliphatic carbocycles. The third kappa shape index (κ3) is 2.98. The van der Waals surface area contributed by atoms with Gasteiger partial charge in [0.05, 0.1) is 0 Å². The Morgan fingerprint density at radius 3 is 2.88 bits per heavy atom. The van der Waals surface area contributed by atoms with Crippen LogP contribution in [0.3, 0.4) is 0 Å². The molecule has 0 radical (unpaired) electrons. The van der Waals surface area contributed by atoms with Crippen molar-refractivity contribution in [3.63, 3.8) is 0 Å². The van der Waals surface area contributed by atoms with Gasteiger partial charge >= 0.3 is 0 Å². The third-order valence-corrected chi connectivity index (χ3v) is 2.70. The van der Waals surface area contributed by atoms with Gasteiger partial charge in [0.25, 0.3) is 5.91 Å². The van der Waals surface area contributed by atoms with Crippen molar-refractivity contribution in [3.05, 3.63) is 46.0 Å². The van der Waals surface area contributed by atoms with Crippen LogP contribution in [-0.2, 0) is 0 Å². The van der Waals surface area contributed by atoms with E-state index in [9.17, 15) is 4.79 Å². The average Bonchev–Trinajstić information content (AvgIpc) is 2.29. The third-order valence-electron chi connectivity index (χ3n) is 1.85. The van der Waals surface area contributed by atoms with Crippen LogP contribution in [0.1, 0.15) is 10.5 Å². The van der Waals surface area contributed by atoms with Crippen LogP contribution in [0.2, 0.25) is 5.15 Å². The molecule has 0 aliphatic heterocycles. The first kappa shape index (κ1) is 11.9. The Morgan fingerprint density at radius 2 is 2.18 bits per heavy atom. The van der Waals surface area contributed by atoms with Gasteiger partial charge in [-0.3, -0.25) is 4.79 Å². The topological polar surface area (TPSA) is 67.8 Å². The number of nitrogens with one attached hydrogen (secondary N) is 1. The summed E-state index contributed by atoms with van der Waals surface area (Å²) in [6, 6.07) is 4.91. The Hall–Kier alpha value is -1.53. The van der Waals surface area contributed by atoms with Gasteiger partial charge in [-0.15, -0.1) is 0 Å². The quantitative estimate of drug-likeness (QED) is 0.865. The maximum Gasteiger partial charge on any atom is 0.276 e. The highest BCUT2D eigenvalue weighted by atomic mass is 79.9. The van der Waals surface area contributed by atoms with Crippen LogP contribution in [-0.4, -0.2) is 20.9 Å². The van der Waals surface area contributed by atoms with Crippen LogP contribution in [0.4, 0.5) is 5.82 Å². The van der Waals surface area contributed by atoms with Crippen LogP contribution >= 0.6 is 27.5 Å². The number of hydrogen-bond donors (Lipinski definition) is 1. The predicted molar refractivity (Wildman–Crippen MR) is 66.9 cm³/mol. The van der Waals surface area contributed by atoms with E-state index < -0.39 is 0 Å². The molecule has 2 rings (SSSR count). The molecule has 5 nitrogen and oxygen atoms in total. The van der Waals surface area contributed by atoms with Gasteiger partial charge in [-0.05, 0) is 28.1 Å². The second-order valence-electron chi connectivity index (χ2n) is 3.01. The van der Waals surface area contributed by atoms with Crippen molar-refractivity contribution in [1.82, 2.24) is 15.0 Å². The van der Waals surface area contributed by atoms with Crippen LogP contribution in [0.5, 0.6) is 0 Å². The number of carbonyl (C=O) groups is 1. The zero-order valence-electron chi connectivity index (χ0n) is 8.39. The molecule has 0 aliphatic rings. The highest BCUT2D eigenvalue weighted by Crippen LogP contribution is 2.15. The molecule has 0 fully saturated rings. The molecule has 0 spiro atoms. The van der Waals surface area contributed by atoms with E-state index >= 15 is 0 Å². The van der Waals surface area contributed by atoms with Crippen molar-refractivity contribution >= 4 is 39.3 Å². The SMILES string of the molecule is O=C(Nc1cc(Cl)ncn1)c1ncccc1Br. The van der Waals surface area contributed by atoms with Crippen LogP contribution in [0.15, 0.2) is 35.2 Å². The van der Waals surface area contributed by atoms with Gasteiger partial charge in [0.2, 0.25) is 0 Å². The first-order valence-corrected chi connectivity index (χ1v) is 5.73. The molecule has 1 amide bonds. The molecule has 0 saturated carbocycles. The first-order chi connectivity index (χ1) is 8.16. The smallest absolute Gasteiger partial charge is 0.276 e. The fourth-order valence-electron chi connectivity index (χ4n) is 1.13. The molecule has 2 heterocycles. The summed E-state index contributed by atoms with van der Waals surface area (Å²) in [5.41, 5.74) is 0.280. The standard InChI is InChI=1S/C10H6BrClN4O/c11-6-2-1-3-13-9(6)10(17)16-8-4-7(12)14-5-15-8/h1-5H,(H,14,15,16,17). The fraction of sp³-hybridized carbons (Fsp3) is 0. The summed E-state index contributed by atoms with van der Waals surface area (Å²) in [4.78, 5) is 23.4. The predicted octanol–water partition coefficient (Wildman–Crippen LogP) is 2.54. The molecule has 17 heavy (non-hydrogen) atoms. The summed E-state index contributed by atoms with van der Waals surface area (Å²) < 4.78 is 0.609. The van der Waals surface area contributed by atoms with Crippen molar-refractivity contribution < 1.29 is 4.79 Å². The zero-order chi connectivity index (χ0) is 12.3. The number of anilines is 1. The van der Waals surface area contributed by atoms with Crippen molar-refractivity contribution in [2.75, 3.05) is 5.32 Å². The normalized spacial score (nSPS) is 10.0. The molecule has 0 atom stereocenters. The minimum absolute atomic E-state index is 0.260. The van der Waals surface area contributed by atoms with Gasteiger partial charge in [-0.25, -0.2) is 15.0 Å². The lowest BCUT2D eigenvalue weighted by atomic mass is 10.3. The van der Waals surface area contributed by atoms with E-state index in [2.05, 4.69) is 36.2 Å². The number of carbonyl (C=O) groups excluding carboxylic acids is 1. The highest BCUT2D eigenvalue weighted by Gasteiger charge is 2.11. The van der Waals surface area contributed by atoms with E-state index in [0.29, 0.717) is 10.3 Å². The number of hydrogen-bond acceptors (Lipinski definition) is 4. The second kappa shape index (κ2) is 5.20. The van der Waals surface area contributed by atoms with Crippen molar-refractivity contribution in [1.29, 1.82) is 0 Å². The summed E-state index contributed by atoms with van der Waals surface area (Å²) in [7, 11) is 0. The summed E-state index contributed by atoms with van der Waals surface area (Å²) >= 11 is 8.92. The number of halogens is 2. The van der Waals surface area contributed by atoms with E-state index in [1.54, 1.807) is 12.1 Å². The van der Waals surface area contributed by atoms with Crippen LogP contribution in [0, 0.1) is 0 Å². The summed E-state index contributed by atoms with van der Waals surface area (Å²) in [5.74, 6) is -0.0419. The van der Waals surface area contributed by atoms with Gasteiger partial charge in [0, 0.05) is 16.7 Å². The summed E-state index contributed by atoms with van der Waals surface area (Å²) in [5, 5.41) is 2.83. The lowest BCUT2D eigenvalue weighted by Gasteiger charge is -2.04. The van der Waals surface area contributed by atoms with E-state index in [4.69, 9.17) is 11.6 Å². The molecule has 7 heteroatoms. The number of amides is 1. The van der Waals surface area contributed by atoms with E-state index in [-0.39, 0.29) is 16.8 Å². The molecule has 0 aromatic carbocycles. The Labute approximate surface area is 110 Å². The molecule has 2 aromatic rings. The second-order valence-corrected chi connectivity index (χ2v) is 4.26. The van der Waals surface area contributed by atoms with Gasteiger partial charge in [0.1, 0.15) is 23.0 Å². The lowest BCUT2D eigenvalue weighted by Crippen LogP contribution is -2.15. The van der Waals surface area contributed by atoms with E-state index in [1.165, 1.54) is 18.6 Å². The minimum Gasteiger partial charge on any atom is -0.305 e. The fourth-order valence-corrected chi connectivity index (χ4v) is 1.71. The molecule has 1 N–H and O–H groups in total. The number of rotatable bonds is 2. The van der Waals surface area contributed by atoms with E-state index in [0.717, 1.165) is 0 Å². The van der Waals surface area contributed by atoms with Crippen LogP contribution < -0.4 is 5.32 Å². The van der Waals surface area contributed by atoms with Gasteiger partial charge in [-0.1, -0.05) is 11.6 Å². The monoisotopic (exact) mass is 312 g/mol. The minimum atomic E-state index is -0.368. The zero-order valence-corrected chi connectivity index (χ0v) is 10.7. The molecule has 2 aromatic heterocycles.